The number of ether oxygens (including phenoxy) is 4. The average Bonchev–Trinajstić information content (AvgIpc) is 3.50. The first kappa shape index (κ1) is 108. The zero-order valence-electron chi connectivity index (χ0n) is 56.6. The molecule has 8 nitrogen and oxygen atoms in total. The van der Waals surface area contributed by atoms with Crippen molar-refractivity contribution in [3.63, 3.8) is 0 Å². The molecule has 0 atom stereocenters. The first-order valence-electron chi connectivity index (χ1n) is 34.8. The van der Waals surface area contributed by atoms with Crippen LogP contribution in [0.2, 0.25) is 0 Å². The molecule has 0 saturated carbocycles. The Morgan fingerprint density at radius 1 is 0.247 bits per heavy atom. The Morgan fingerprint density at radius 2 is 0.382 bits per heavy atom. The number of hydrogen-bond donors (Lipinski definition) is 0. The molecule has 4 radical (unpaired) electrons. The number of unbranched alkanes of at least 4 members (excludes halogenated alkanes) is 36. The van der Waals surface area contributed by atoms with Crippen LogP contribution in [0.15, 0.2) is 48.6 Å². The zero-order valence-corrected chi connectivity index (χ0v) is 66.6. The van der Waals surface area contributed by atoms with Gasteiger partial charge in [-0.05, 0) is 128 Å². The average molecular weight is 1560 g/mol. The standard InChI is InChI=1S/4C18H34O2S.2CH4.H2S.2Sn/c4*1-2-3-4-5-6-7-8-9-10-11-12-13-14-15-18(19)20-16-17-21;;;;;/h4*10-11,21H,2-9,12-17H2,1H3;2*1H4;1H2;;/q;;;;;;;2*+2/p-4/b4*11-10+;;;;;. The predicted octanol–water partition coefficient (Wildman–Crippen LogP) is 22.0. The van der Waals surface area contributed by atoms with Crippen molar-refractivity contribution in [1.29, 1.82) is 0 Å². The quantitative estimate of drug-likeness (QED) is 0.0145. The van der Waals surface area contributed by atoms with Gasteiger partial charge >= 0.3 is 71.7 Å². The van der Waals surface area contributed by atoms with Crippen LogP contribution < -0.4 is 0 Å². The number of carbonyl (C=O) groups excluding carboxylic acids is 4. The first-order chi connectivity index (χ1) is 41.2. The molecule has 0 aromatic heterocycles. The van der Waals surface area contributed by atoms with Gasteiger partial charge in [-0.3, -0.25) is 19.2 Å². The minimum absolute atomic E-state index is 0. The summed E-state index contributed by atoms with van der Waals surface area (Å²) in [4.78, 5) is 44.9. The van der Waals surface area contributed by atoms with E-state index in [1.54, 1.807) is 0 Å². The largest absolute Gasteiger partial charge is 2.00 e. The van der Waals surface area contributed by atoms with Crippen LogP contribution in [0.5, 0.6) is 0 Å². The molecular weight excluding hydrogens is 1410 g/mol. The minimum atomic E-state index is -0.105. The molecule has 0 aromatic rings. The number of esters is 4. The van der Waals surface area contributed by atoms with Gasteiger partial charge in [-0.1, -0.05) is 245 Å². The van der Waals surface area contributed by atoms with Crippen LogP contribution in [0.1, 0.15) is 351 Å². The third-order valence-electron chi connectivity index (χ3n) is 14.0. The summed E-state index contributed by atoms with van der Waals surface area (Å²) in [6, 6.07) is 0. The normalized spacial score (nSPS) is 10.5. The van der Waals surface area contributed by atoms with Gasteiger partial charge in [0.25, 0.3) is 0 Å². The molecule has 0 spiro atoms. The van der Waals surface area contributed by atoms with Crippen molar-refractivity contribution in [1.82, 2.24) is 0 Å². The molecule has 0 aliphatic rings. The molecule has 0 aromatic carbocycles. The van der Waals surface area contributed by atoms with E-state index in [2.05, 4.69) is 76.3 Å². The summed E-state index contributed by atoms with van der Waals surface area (Å²) in [6.45, 7) is 10.6. The summed E-state index contributed by atoms with van der Waals surface area (Å²) < 4.78 is 19.7. The molecule has 15 heteroatoms. The molecule has 0 rings (SSSR count). The Labute approximate surface area is 617 Å². The molecule has 0 aliphatic carbocycles. The molecule has 89 heavy (non-hydrogen) atoms. The van der Waals surface area contributed by atoms with Crippen molar-refractivity contribution in [2.45, 2.75) is 351 Å². The zero-order chi connectivity index (χ0) is 62.4. The van der Waals surface area contributed by atoms with Crippen LogP contribution >= 0.6 is 13.5 Å². The maximum Gasteiger partial charge on any atom is 2.00 e. The topological polar surface area (TPSA) is 105 Å². The molecule has 0 heterocycles. The van der Waals surface area contributed by atoms with E-state index < -0.39 is 0 Å². The number of rotatable bonds is 60. The van der Waals surface area contributed by atoms with Crippen LogP contribution in [-0.2, 0) is 88.6 Å². The second kappa shape index (κ2) is 104. The summed E-state index contributed by atoms with van der Waals surface area (Å²) in [6.07, 6.45) is 75.7. The second-order valence-corrected chi connectivity index (χ2v) is 23.8. The number of allylic oxidation sites excluding steroid dienone is 8. The van der Waals surface area contributed by atoms with E-state index in [0.29, 0.717) is 75.1 Å². The van der Waals surface area contributed by atoms with E-state index in [1.165, 1.54) is 205 Å². The minimum Gasteiger partial charge on any atom is -0.789 e. The van der Waals surface area contributed by atoms with Crippen molar-refractivity contribution < 1.29 is 38.1 Å². The van der Waals surface area contributed by atoms with E-state index >= 15 is 0 Å². The van der Waals surface area contributed by atoms with Crippen LogP contribution in [0.3, 0.4) is 0 Å². The molecular formula is C74H142O8S5Sn2. The van der Waals surface area contributed by atoms with Crippen molar-refractivity contribution in [3.8, 4) is 0 Å². The van der Waals surface area contributed by atoms with Gasteiger partial charge in [-0.2, -0.15) is 13.5 Å². The number of hydrogen-bond acceptors (Lipinski definition) is 12. The Hall–Kier alpha value is 0.187. The molecule has 0 saturated heterocycles. The van der Waals surface area contributed by atoms with E-state index in [-0.39, 0.29) is 100 Å². The van der Waals surface area contributed by atoms with E-state index in [9.17, 15) is 19.2 Å². The molecule has 0 aliphatic heterocycles. The third kappa shape index (κ3) is 113. The molecule has 0 unspecified atom stereocenters. The molecule has 0 N–H and O–H groups in total. The fraction of sp³-hybridized carbons (Fsp3) is 0.838. The van der Waals surface area contributed by atoms with Gasteiger partial charge in [-0.25, -0.2) is 0 Å². The van der Waals surface area contributed by atoms with Gasteiger partial charge in [0.2, 0.25) is 0 Å². The van der Waals surface area contributed by atoms with Crippen molar-refractivity contribution in [3.05, 3.63) is 48.6 Å². The Morgan fingerprint density at radius 3 is 0.528 bits per heavy atom. The Balaban J connectivity index is -0.000000134. The second-order valence-electron chi connectivity index (χ2n) is 22.2. The fourth-order valence-corrected chi connectivity index (χ4v) is 9.19. The van der Waals surface area contributed by atoms with Crippen LogP contribution in [0.25, 0.3) is 0 Å². The summed E-state index contributed by atoms with van der Waals surface area (Å²) in [5.74, 6) is 1.55. The Kier molecular flexibility index (Phi) is 126. The van der Waals surface area contributed by atoms with Crippen molar-refractivity contribution >= 4 is 136 Å². The summed E-state index contributed by atoms with van der Waals surface area (Å²) in [5, 5.41) is 0. The summed E-state index contributed by atoms with van der Waals surface area (Å²) in [5.41, 5.74) is 0. The molecule has 0 fully saturated rings. The van der Waals surface area contributed by atoms with E-state index in [0.717, 1.165) is 77.0 Å². The smallest absolute Gasteiger partial charge is 0.789 e. The number of carbonyl (C=O) groups is 4. The van der Waals surface area contributed by atoms with Crippen LogP contribution in [0, 0.1) is 0 Å². The van der Waals surface area contributed by atoms with Crippen LogP contribution in [0.4, 0.5) is 0 Å². The van der Waals surface area contributed by atoms with E-state index in [4.69, 9.17) is 69.5 Å². The van der Waals surface area contributed by atoms with Gasteiger partial charge in [0.05, 0.1) is 26.4 Å². The first-order valence-corrected chi connectivity index (χ1v) is 37.1. The van der Waals surface area contributed by atoms with Gasteiger partial charge in [0.1, 0.15) is 0 Å². The molecule has 524 valence electrons. The van der Waals surface area contributed by atoms with Gasteiger partial charge in [-0.15, -0.1) is 23.0 Å². The Bertz CT molecular complexity index is 1230. The summed E-state index contributed by atoms with van der Waals surface area (Å²) >= 11 is 18.9. The maximum absolute atomic E-state index is 11.2. The van der Waals surface area contributed by atoms with Crippen molar-refractivity contribution in [2.75, 3.05) is 49.4 Å². The monoisotopic (exact) mass is 1560 g/mol. The predicted molar refractivity (Wildman–Crippen MR) is 409 cm³/mol. The SMILES string of the molecule is C.C.CCCCCCCCC/C=C/CCCCC(=O)OCC[S-].CCCCCCCCC/C=C/CCCCC(=O)OCC[S-].CCCCCCCCC/C=C/CCCCC(=O)OCC[S-].CCCCCCCCC/C=C/CCCCC(=O)OCC[S-].S.[Sn+2].[Sn+2]. The summed E-state index contributed by atoms with van der Waals surface area (Å²) in [7, 11) is 0. The van der Waals surface area contributed by atoms with Gasteiger partial charge in [0, 0.05) is 25.7 Å². The van der Waals surface area contributed by atoms with E-state index in [1.807, 2.05) is 0 Å². The molecule has 0 bridgehead atoms. The van der Waals surface area contributed by atoms with Gasteiger partial charge < -0.3 is 69.5 Å². The van der Waals surface area contributed by atoms with Crippen LogP contribution in [-0.4, -0.2) is 121 Å². The van der Waals surface area contributed by atoms with Crippen molar-refractivity contribution in [2.24, 2.45) is 0 Å². The third-order valence-corrected chi connectivity index (χ3v) is 14.6. The van der Waals surface area contributed by atoms with Gasteiger partial charge in [0.15, 0.2) is 0 Å². The fourth-order valence-electron chi connectivity index (χ4n) is 8.86. The maximum atomic E-state index is 11.2. The molecule has 0 amide bonds.